The summed E-state index contributed by atoms with van der Waals surface area (Å²) in [4.78, 5) is 0. The molecule has 4 aliphatic carbocycles. The average Bonchev–Trinajstić information content (AvgIpc) is 3.20. The van der Waals surface area contributed by atoms with Gasteiger partial charge in [-0.05, 0) is 98.9 Å². The number of aliphatic hydroxyl groups excluding tert-OH is 1. The maximum atomic E-state index is 10.9. The van der Waals surface area contributed by atoms with Gasteiger partial charge in [-0.1, -0.05) is 83.4 Å². The summed E-state index contributed by atoms with van der Waals surface area (Å²) in [6.45, 7) is 21.5. The summed E-state index contributed by atoms with van der Waals surface area (Å²) in [5.74, 6) is 2.16. The summed E-state index contributed by atoms with van der Waals surface area (Å²) in [5.41, 5.74) is 4.66. The molecule has 0 aromatic heterocycles. The molecule has 0 spiro atoms. The van der Waals surface area contributed by atoms with Crippen molar-refractivity contribution in [3.63, 3.8) is 0 Å². The smallest absolute Gasteiger partial charge is 0.192 e. The van der Waals surface area contributed by atoms with Crippen molar-refractivity contribution in [1.82, 2.24) is 0 Å². The van der Waals surface area contributed by atoms with Gasteiger partial charge in [-0.25, -0.2) is 0 Å². The van der Waals surface area contributed by atoms with Gasteiger partial charge in [0.15, 0.2) is 8.32 Å². The van der Waals surface area contributed by atoms with E-state index in [1.165, 1.54) is 25.7 Å². The molecular formula is C34H58O3SSi. The molecule has 5 heteroatoms. The lowest BCUT2D eigenvalue weighted by molar-refractivity contribution is -0.00458. The van der Waals surface area contributed by atoms with Crippen LogP contribution < -0.4 is 0 Å². The van der Waals surface area contributed by atoms with E-state index in [1.54, 1.807) is 16.7 Å². The van der Waals surface area contributed by atoms with Crippen molar-refractivity contribution in [1.29, 1.82) is 0 Å². The highest BCUT2D eigenvalue weighted by Crippen LogP contribution is 2.65. The molecule has 0 bridgehead atoms. The fourth-order valence-corrected chi connectivity index (χ4v) is 11.0. The van der Waals surface area contributed by atoms with E-state index in [1.807, 2.05) is 18.7 Å². The maximum absolute atomic E-state index is 10.9. The van der Waals surface area contributed by atoms with Crippen LogP contribution in [0, 0.1) is 22.7 Å². The summed E-state index contributed by atoms with van der Waals surface area (Å²) < 4.78 is 7.44. The number of rotatable bonds is 10. The Morgan fingerprint density at radius 1 is 1.10 bits per heavy atom. The largest absolute Gasteiger partial charge is 0.413 e. The number of thioether (sulfide) groups is 1. The second-order valence-corrected chi connectivity index (χ2v) is 21.3. The van der Waals surface area contributed by atoms with Gasteiger partial charge in [0.05, 0.1) is 11.7 Å². The van der Waals surface area contributed by atoms with Gasteiger partial charge < -0.3 is 14.6 Å². The molecule has 0 aromatic carbocycles. The molecule has 4 rings (SSSR count). The highest BCUT2D eigenvalue weighted by atomic mass is 32.2. The first-order chi connectivity index (χ1) is 18.1. The van der Waals surface area contributed by atoms with Crippen molar-refractivity contribution in [3.8, 4) is 0 Å². The Hall–Kier alpha value is -0.333. The van der Waals surface area contributed by atoms with Crippen LogP contribution in [0.25, 0.3) is 0 Å². The van der Waals surface area contributed by atoms with Gasteiger partial charge in [0.2, 0.25) is 0 Å². The Balaban J connectivity index is 1.63. The van der Waals surface area contributed by atoms with Gasteiger partial charge in [-0.15, -0.1) is 0 Å². The van der Waals surface area contributed by atoms with E-state index in [0.29, 0.717) is 35.3 Å². The van der Waals surface area contributed by atoms with Crippen LogP contribution in [-0.4, -0.2) is 47.8 Å². The van der Waals surface area contributed by atoms with Crippen LogP contribution in [0.15, 0.2) is 34.9 Å². The van der Waals surface area contributed by atoms with Gasteiger partial charge in [0.25, 0.3) is 0 Å². The lowest BCUT2D eigenvalue weighted by Crippen LogP contribution is -2.56. The van der Waals surface area contributed by atoms with Crippen molar-refractivity contribution >= 4 is 20.1 Å². The molecule has 39 heavy (non-hydrogen) atoms. The molecular weight excluding hydrogens is 517 g/mol. The number of fused-ring (bicyclic) bond motifs is 5. The van der Waals surface area contributed by atoms with Crippen LogP contribution in [0.5, 0.6) is 0 Å². The first-order valence-electron chi connectivity index (χ1n) is 15.9. The van der Waals surface area contributed by atoms with Gasteiger partial charge >= 0.3 is 0 Å². The van der Waals surface area contributed by atoms with Crippen molar-refractivity contribution in [2.75, 3.05) is 12.4 Å². The quantitative estimate of drug-likeness (QED) is 0.202. The zero-order chi connectivity index (χ0) is 28.9. The molecule has 0 aromatic rings. The summed E-state index contributed by atoms with van der Waals surface area (Å²) in [6.07, 6.45) is 17.0. The van der Waals surface area contributed by atoms with Crippen molar-refractivity contribution in [2.45, 2.75) is 141 Å². The molecule has 2 fully saturated rings. The monoisotopic (exact) mass is 574 g/mol. The fraction of sp³-hybridized carbons (Fsp3) is 0.824. The van der Waals surface area contributed by atoms with Crippen LogP contribution >= 0.6 is 11.8 Å². The predicted octanol–water partition coefficient (Wildman–Crippen LogP) is 8.83. The Labute approximate surface area is 245 Å². The van der Waals surface area contributed by atoms with Gasteiger partial charge in [-0.3, -0.25) is 0 Å². The minimum absolute atomic E-state index is 0.0530. The van der Waals surface area contributed by atoms with Crippen LogP contribution in [0.4, 0.5) is 0 Å². The van der Waals surface area contributed by atoms with E-state index < -0.39 is 13.9 Å². The second-order valence-electron chi connectivity index (χ2n) is 15.1. The molecule has 3 unspecified atom stereocenters. The molecule has 2 N–H and O–H groups in total. The molecule has 0 radical (unpaired) electrons. The molecule has 3 nitrogen and oxygen atoms in total. The molecule has 222 valence electrons. The molecule has 0 amide bonds. The maximum Gasteiger partial charge on any atom is 0.192 e. The zero-order valence-corrected chi connectivity index (χ0v) is 28.3. The molecule has 7 atom stereocenters. The lowest BCUT2D eigenvalue weighted by atomic mass is 9.50. The van der Waals surface area contributed by atoms with Crippen LogP contribution in [0.3, 0.4) is 0 Å². The standard InChI is InChI=1S/C34H58O3SSi/c1-10-24-13-15-28-27-14-12-25-22-26(38-21-19-34(36,11-2)18-20-35)23-30(37-39(8,9)31(3,4)5)33(25,7)29(27)16-17-32(24,28)6/h12-14,26,28-30,35-36H,10-11,15-23H2,1-9H3/t26?,28-,29-,30?,32+,33-,34?/m0/s1. The third-order valence-electron chi connectivity index (χ3n) is 12.1. The molecule has 2 saturated carbocycles. The van der Waals surface area contributed by atoms with E-state index in [9.17, 15) is 10.2 Å². The second kappa shape index (κ2) is 11.4. The summed E-state index contributed by atoms with van der Waals surface area (Å²) >= 11 is 2.03. The predicted molar refractivity (Wildman–Crippen MR) is 171 cm³/mol. The third kappa shape index (κ3) is 5.70. The van der Waals surface area contributed by atoms with E-state index >= 15 is 0 Å². The molecule has 0 heterocycles. The number of aliphatic hydroxyl groups is 2. The van der Waals surface area contributed by atoms with Gasteiger partial charge in [0, 0.05) is 17.3 Å². The third-order valence-corrected chi connectivity index (χ3v) is 17.9. The lowest BCUT2D eigenvalue weighted by Gasteiger charge is -2.58. The number of allylic oxidation sites excluding steroid dienone is 5. The molecule has 0 aliphatic heterocycles. The summed E-state index contributed by atoms with van der Waals surface area (Å²) in [6, 6.07) is 0. The van der Waals surface area contributed by atoms with E-state index in [-0.39, 0.29) is 23.2 Å². The first-order valence-corrected chi connectivity index (χ1v) is 19.8. The van der Waals surface area contributed by atoms with E-state index in [2.05, 4.69) is 72.9 Å². The summed E-state index contributed by atoms with van der Waals surface area (Å²) in [5, 5.41) is 21.1. The zero-order valence-electron chi connectivity index (χ0n) is 26.5. The van der Waals surface area contributed by atoms with E-state index in [4.69, 9.17) is 4.43 Å². The Morgan fingerprint density at radius 3 is 2.44 bits per heavy atom. The number of hydrogen-bond acceptors (Lipinski definition) is 4. The SMILES string of the molecule is CCC1=CC[C@H]2C3=CC=C4CC(SCCC(O)(CC)CCO)CC(O[Si](C)(C)C(C)(C)C)[C@]4(C)[C@H]3CC[C@]12C. The fourth-order valence-electron chi connectivity index (χ4n) is 8.16. The minimum atomic E-state index is -1.97. The Bertz CT molecular complexity index is 993. The van der Waals surface area contributed by atoms with E-state index in [0.717, 1.165) is 25.0 Å². The minimum Gasteiger partial charge on any atom is -0.413 e. The molecule has 0 saturated heterocycles. The Morgan fingerprint density at radius 2 is 1.82 bits per heavy atom. The highest BCUT2D eigenvalue weighted by Gasteiger charge is 2.58. The number of hydrogen-bond donors (Lipinski definition) is 2. The van der Waals surface area contributed by atoms with Crippen molar-refractivity contribution in [3.05, 3.63) is 34.9 Å². The van der Waals surface area contributed by atoms with Crippen molar-refractivity contribution < 1.29 is 14.6 Å². The molecule has 4 aliphatic rings. The van der Waals surface area contributed by atoms with Crippen LogP contribution in [0.2, 0.25) is 18.1 Å². The normalized spacial score (nSPS) is 36.2. The average molecular weight is 575 g/mol. The summed E-state index contributed by atoms with van der Waals surface area (Å²) in [7, 11) is -1.97. The van der Waals surface area contributed by atoms with Crippen molar-refractivity contribution in [2.24, 2.45) is 22.7 Å². The highest BCUT2D eigenvalue weighted by molar-refractivity contribution is 7.99. The van der Waals surface area contributed by atoms with Gasteiger partial charge in [-0.2, -0.15) is 11.8 Å². The van der Waals surface area contributed by atoms with Crippen LogP contribution in [0.1, 0.15) is 106 Å². The Kier molecular flexibility index (Phi) is 9.23. The topological polar surface area (TPSA) is 49.7 Å². The van der Waals surface area contributed by atoms with Crippen LogP contribution in [-0.2, 0) is 4.43 Å². The first kappa shape index (κ1) is 31.6. The van der Waals surface area contributed by atoms with Gasteiger partial charge in [0.1, 0.15) is 0 Å².